The van der Waals surface area contributed by atoms with E-state index in [0.717, 1.165) is 31.4 Å². The average molecular weight is 306 g/mol. The fourth-order valence-corrected chi connectivity index (χ4v) is 3.41. The van der Waals surface area contributed by atoms with Crippen molar-refractivity contribution in [2.75, 3.05) is 0 Å². The fourth-order valence-electron chi connectivity index (χ4n) is 2.85. The van der Waals surface area contributed by atoms with Gasteiger partial charge in [0.05, 0.1) is 17.6 Å². The summed E-state index contributed by atoms with van der Waals surface area (Å²) in [5.74, 6) is 1.10. The van der Waals surface area contributed by atoms with Crippen molar-refractivity contribution in [2.24, 2.45) is 0 Å². The van der Waals surface area contributed by atoms with E-state index in [0.29, 0.717) is 18.1 Å². The van der Waals surface area contributed by atoms with Crippen LogP contribution >= 0.6 is 11.3 Å². The van der Waals surface area contributed by atoms with Gasteiger partial charge < -0.3 is 9.84 Å². The third kappa shape index (κ3) is 3.12. The first kappa shape index (κ1) is 14.2. The molecule has 0 radical (unpaired) electrons. The first-order valence-corrected chi connectivity index (χ1v) is 8.11. The highest BCUT2D eigenvalue weighted by Gasteiger charge is 2.39. The molecule has 1 N–H and O–H groups in total. The number of aromatic nitrogens is 3. The molecule has 1 fully saturated rings. The summed E-state index contributed by atoms with van der Waals surface area (Å²) in [6, 6.07) is 0. The van der Waals surface area contributed by atoms with E-state index in [1.54, 1.807) is 12.4 Å². The molecule has 0 saturated heterocycles. The van der Waals surface area contributed by atoms with Gasteiger partial charge in [-0.3, -0.25) is 4.79 Å². The minimum absolute atomic E-state index is 0.0368. The number of nitrogens with zero attached hydrogens (tertiary/aromatic N) is 3. The van der Waals surface area contributed by atoms with Crippen LogP contribution in [0.4, 0.5) is 0 Å². The van der Waals surface area contributed by atoms with E-state index in [2.05, 4.69) is 20.4 Å². The molecule has 6 nitrogen and oxygen atoms in total. The third-order valence-corrected chi connectivity index (χ3v) is 4.50. The molecule has 2 aromatic rings. The first-order valence-electron chi connectivity index (χ1n) is 7.17. The Balaban J connectivity index is 1.77. The largest absolute Gasteiger partial charge is 0.343 e. The number of amides is 1. The maximum atomic E-state index is 12.3. The van der Waals surface area contributed by atoms with Crippen molar-refractivity contribution >= 4 is 17.2 Å². The van der Waals surface area contributed by atoms with Crippen LogP contribution in [0.5, 0.6) is 0 Å². The van der Waals surface area contributed by atoms with Gasteiger partial charge in [-0.05, 0) is 12.8 Å². The number of hydrogen-bond acceptors (Lipinski definition) is 6. The lowest BCUT2D eigenvalue weighted by atomic mass is 9.81. The summed E-state index contributed by atoms with van der Waals surface area (Å²) in [6.45, 7) is 1.77. The maximum Gasteiger partial charge on any atom is 0.226 e. The van der Waals surface area contributed by atoms with Crippen molar-refractivity contribution in [1.82, 2.24) is 20.4 Å². The van der Waals surface area contributed by atoms with Gasteiger partial charge in [-0.15, -0.1) is 11.3 Å². The predicted octanol–water partition coefficient (Wildman–Crippen LogP) is 2.35. The highest BCUT2D eigenvalue weighted by atomic mass is 32.1. The van der Waals surface area contributed by atoms with Gasteiger partial charge in [-0.2, -0.15) is 4.98 Å². The van der Waals surface area contributed by atoms with E-state index in [4.69, 9.17) is 4.52 Å². The molecule has 0 bridgehead atoms. The van der Waals surface area contributed by atoms with E-state index in [-0.39, 0.29) is 5.91 Å². The van der Waals surface area contributed by atoms with Gasteiger partial charge in [0.1, 0.15) is 5.54 Å². The minimum atomic E-state index is -0.483. The van der Waals surface area contributed by atoms with Crippen LogP contribution < -0.4 is 5.32 Å². The lowest BCUT2D eigenvalue weighted by Gasteiger charge is -2.35. The van der Waals surface area contributed by atoms with Crippen molar-refractivity contribution in [3.05, 3.63) is 28.3 Å². The molecule has 0 aliphatic heterocycles. The van der Waals surface area contributed by atoms with Gasteiger partial charge in [0.15, 0.2) is 5.82 Å². The summed E-state index contributed by atoms with van der Waals surface area (Å²) in [7, 11) is 0. The van der Waals surface area contributed by atoms with Crippen LogP contribution in [0.1, 0.15) is 49.5 Å². The third-order valence-electron chi connectivity index (χ3n) is 3.87. The van der Waals surface area contributed by atoms with Gasteiger partial charge in [0, 0.05) is 12.3 Å². The number of rotatable bonds is 4. The SMILES string of the molecule is Cc1nc(C2(NC(=O)Cc3cscn3)CCCCC2)no1. The molecular weight excluding hydrogens is 288 g/mol. The topological polar surface area (TPSA) is 80.9 Å². The van der Waals surface area contributed by atoms with Crippen LogP contribution in [0, 0.1) is 6.92 Å². The quantitative estimate of drug-likeness (QED) is 0.937. The maximum absolute atomic E-state index is 12.3. The number of hydrogen-bond donors (Lipinski definition) is 1. The zero-order chi connectivity index (χ0) is 14.7. The summed E-state index contributed by atoms with van der Waals surface area (Å²) < 4.78 is 5.11. The molecule has 0 aromatic carbocycles. The van der Waals surface area contributed by atoms with Crippen LogP contribution in [-0.2, 0) is 16.8 Å². The average Bonchev–Trinajstić information content (AvgIpc) is 3.11. The van der Waals surface area contributed by atoms with E-state index < -0.39 is 5.54 Å². The number of aryl methyl sites for hydroxylation is 1. The summed E-state index contributed by atoms with van der Waals surface area (Å²) >= 11 is 1.50. The van der Waals surface area contributed by atoms with Crippen molar-refractivity contribution in [2.45, 2.75) is 51.0 Å². The molecule has 1 aliphatic rings. The van der Waals surface area contributed by atoms with Crippen molar-refractivity contribution in [1.29, 1.82) is 0 Å². The Hall–Kier alpha value is -1.76. The Kier molecular flexibility index (Phi) is 4.01. The summed E-state index contributed by atoms with van der Waals surface area (Å²) in [4.78, 5) is 20.8. The Morgan fingerprint density at radius 2 is 2.24 bits per heavy atom. The standard InChI is InChI=1S/C14H18N4O2S/c1-10-16-13(18-20-10)14(5-3-2-4-6-14)17-12(19)7-11-8-21-9-15-11/h8-9H,2-7H2,1H3,(H,17,19). The lowest BCUT2D eigenvalue weighted by Crippen LogP contribution is -2.48. The predicted molar refractivity (Wildman–Crippen MR) is 77.8 cm³/mol. The molecule has 0 atom stereocenters. The molecule has 21 heavy (non-hydrogen) atoms. The van der Waals surface area contributed by atoms with Crippen molar-refractivity contribution in [3.8, 4) is 0 Å². The van der Waals surface area contributed by atoms with Gasteiger partial charge >= 0.3 is 0 Å². The van der Waals surface area contributed by atoms with Gasteiger partial charge in [0.2, 0.25) is 11.8 Å². The Bertz CT molecular complexity index is 602. The molecular formula is C14H18N4O2S. The summed E-state index contributed by atoms with van der Waals surface area (Å²) in [5.41, 5.74) is 2.05. The molecule has 0 unspecified atom stereocenters. The smallest absolute Gasteiger partial charge is 0.226 e. The van der Waals surface area contributed by atoms with Crippen LogP contribution in [0.3, 0.4) is 0 Å². The zero-order valence-electron chi connectivity index (χ0n) is 12.0. The Morgan fingerprint density at radius 3 is 2.86 bits per heavy atom. The van der Waals surface area contributed by atoms with Gasteiger partial charge in [0.25, 0.3) is 0 Å². The number of nitrogens with one attached hydrogen (secondary N) is 1. The van der Waals surface area contributed by atoms with Gasteiger partial charge in [-0.25, -0.2) is 4.98 Å². The van der Waals surface area contributed by atoms with Crippen LogP contribution in [0.2, 0.25) is 0 Å². The number of carbonyl (C=O) groups is 1. The van der Waals surface area contributed by atoms with Gasteiger partial charge in [-0.1, -0.05) is 24.4 Å². The van der Waals surface area contributed by atoms with Crippen LogP contribution in [0.15, 0.2) is 15.4 Å². The monoisotopic (exact) mass is 306 g/mol. The lowest BCUT2D eigenvalue weighted by molar-refractivity contribution is -0.123. The van der Waals surface area contributed by atoms with Crippen LogP contribution in [0.25, 0.3) is 0 Å². The zero-order valence-corrected chi connectivity index (χ0v) is 12.8. The molecule has 112 valence electrons. The molecule has 1 saturated carbocycles. The molecule has 7 heteroatoms. The second-order valence-corrected chi connectivity index (χ2v) is 6.20. The van der Waals surface area contributed by atoms with E-state index >= 15 is 0 Å². The molecule has 1 aliphatic carbocycles. The Labute approximate surface area is 127 Å². The number of carbonyl (C=O) groups excluding carboxylic acids is 1. The van der Waals surface area contributed by atoms with Crippen LogP contribution in [-0.4, -0.2) is 21.0 Å². The fraction of sp³-hybridized carbons (Fsp3) is 0.571. The number of thiazole rings is 1. The summed E-state index contributed by atoms with van der Waals surface area (Å²) in [6.07, 6.45) is 5.31. The minimum Gasteiger partial charge on any atom is -0.343 e. The van der Waals surface area contributed by atoms with E-state index in [9.17, 15) is 4.79 Å². The highest BCUT2D eigenvalue weighted by molar-refractivity contribution is 7.07. The second-order valence-electron chi connectivity index (χ2n) is 5.48. The Morgan fingerprint density at radius 1 is 1.43 bits per heavy atom. The molecule has 3 rings (SSSR count). The molecule has 2 aromatic heterocycles. The molecule has 2 heterocycles. The normalized spacial score (nSPS) is 17.6. The second kappa shape index (κ2) is 5.93. The highest BCUT2D eigenvalue weighted by Crippen LogP contribution is 2.35. The van der Waals surface area contributed by atoms with Crippen molar-refractivity contribution in [3.63, 3.8) is 0 Å². The van der Waals surface area contributed by atoms with E-state index in [1.165, 1.54) is 17.8 Å². The molecule has 1 amide bonds. The first-order chi connectivity index (χ1) is 10.2. The van der Waals surface area contributed by atoms with E-state index in [1.807, 2.05) is 5.38 Å². The molecule has 0 spiro atoms. The van der Waals surface area contributed by atoms with Crippen molar-refractivity contribution < 1.29 is 9.32 Å². The summed E-state index contributed by atoms with van der Waals surface area (Å²) in [5, 5.41) is 9.08.